The van der Waals surface area contributed by atoms with E-state index >= 15 is 0 Å². The number of piperidine rings is 1. The van der Waals surface area contributed by atoms with E-state index < -0.39 is 30.0 Å². The number of nitrogens with zero attached hydrogens (tertiary/aromatic N) is 1. The van der Waals surface area contributed by atoms with Crippen molar-refractivity contribution in [2.24, 2.45) is 5.92 Å². The van der Waals surface area contributed by atoms with Crippen molar-refractivity contribution >= 4 is 0 Å². The molecule has 0 spiro atoms. The van der Waals surface area contributed by atoms with Crippen LogP contribution in [0.1, 0.15) is 68.4 Å². The second-order valence-corrected chi connectivity index (χ2v) is 11.4. The summed E-state index contributed by atoms with van der Waals surface area (Å²) in [4.78, 5) is 6.68. The smallest absolute Gasteiger partial charge is 0.172 e. The number of benzene rings is 3. The monoisotopic (exact) mass is 519 g/mol. The fraction of sp³-hybridized carbons (Fsp3) is 0.438. The van der Waals surface area contributed by atoms with Gasteiger partial charge < -0.3 is 15.3 Å². The summed E-state index contributed by atoms with van der Waals surface area (Å²) in [5.41, 5.74) is 2.06. The third-order valence-electron chi connectivity index (χ3n) is 7.95. The highest BCUT2D eigenvalue weighted by atomic mass is 17.1. The molecule has 1 fully saturated rings. The molecule has 3 aromatic rings. The van der Waals surface area contributed by atoms with Gasteiger partial charge in [-0.2, -0.15) is 0 Å². The molecule has 38 heavy (non-hydrogen) atoms. The Labute approximate surface area is 226 Å². The lowest BCUT2D eigenvalue weighted by Crippen LogP contribution is -2.58. The van der Waals surface area contributed by atoms with E-state index in [1.54, 1.807) is 0 Å². The van der Waals surface area contributed by atoms with Crippen LogP contribution < -0.4 is 0 Å². The van der Waals surface area contributed by atoms with Crippen LogP contribution in [0.2, 0.25) is 0 Å². The molecule has 1 aliphatic heterocycles. The Bertz CT molecular complexity index is 1090. The predicted molar refractivity (Wildman–Crippen MR) is 148 cm³/mol. The number of hydrogen-bond donors (Lipinski definition) is 4. The first-order valence-electron chi connectivity index (χ1n) is 13.5. The van der Waals surface area contributed by atoms with E-state index in [4.69, 9.17) is 4.89 Å². The van der Waals surface area contributed by atoms with Crippen molar-refractivity contribution in [3.8, 4) is 0 Å². The lowest BCUT2D eigenvalue weighted by Gasteiger charge is -2.47. The zero-order valence-electron chi connectivity index (χ0n) is 22.6. The van der Waals surface area contributed by atoms with Gasteiger partial charge in [0.2, 0.25) is 0 Å². The maximum Gasteiger partial charge on any atom is 0.172 e. The quantitative estimate of drug-likeness (QED) is 0.228. The van der Waals surface area contributed by atoms with Crippen LogP contribution in [0.15, 0.2) is 84.9 Å². The van der Waals surface area contributed by atoms with E-state index in [9.17, 15) is 20.6 Å². The Balaban J connectivity index is 1.44. The van der Waals surface area contributed by atoms with E-state index in [2.05, 4.69) is 32.9 Å². The second kappa shape index (κ2) is 12.1. The first-order chi connectivity index (χ1) is 18.2. The normalized spacial score (nSPS) is 21.8. The second-order valence-electron chi connectivity index (χ2n) is 11.4. The van der Waals surface area contributed by atoms with Gasteiger partial charge in [0.15, 0.2) is 6.23 Å². The fourth-order valence-corrected chi connectivity index (χ4v) is 5.68. The third-order valence-corrected chi connectivity index (χ3v) is 7.95. The zero-order chi connectivity index (χ0) is 27.3. The fourth-order valence-electron chi connectivity index (χ4n) is 5.68. The van der Waals surface area contributed by atoms with Crippen LogP contribution in [-0.4, -0.2) is 50.9 Å². The largest absolute Gasteiger partial charge is 0.388 e. The molecule has 0 amide bonds. The Kier molecular flexibility index (Phi) is 9.04. The van der Waals surface area contributed by atoms with E-state index in [0.29, 0.717) is 43.5 Å². The number of likely N-dealkylation sites (tertiary alicyclic amines) is 1. The van der Waals surface area contributed by atoms with Gasteiger partial charge in [0.25, 0.3) is 0 Å². The topological polar surface area (TPSA) is 93.4 Å². The molecule has 4 atom stereocenters. The molecule has 6 nitrogen and oxygen atoms in total. The van der Waals surface area contributed by atoms with Crippen LogP contribution >= 0.6 is 0 Å². The van der Waals surface area contributed by atoms with Crippen molar-refractivity contribution in [1.82, 2.24) is 4.90 Å². The number of hydrogen-bond acceptors (Lipinski definition) is 6. The lowest BCUT2D eigenvalue weighted by atomic mass is 9.70. The van der Waals surface area contributed by atoms with Crippen LogP contribution in [0.5, 0.6) is 0 Å². The SMILES string of the molecule is CC(C)(C)c1ccc(C(O)CCCN2CCC(C(O)(c3ccccc3)c3ccccc3)C(O)C2OO)cc1. The minimum absolute atomic E-state index is 0.0585. The van der Waals surface area contributed by atoms with Gasteiger partial charge in [-0.15, -0.1) is 0 Å². The maximum atomic E-state index is 12.1. The molecule has 0 saturated carbocycles. The number of aliphatic hydroxyl groups excluding tert-OH is 2. The molecular weight excluding hydrogens is 478 g/mol. The predicted octanol–water partition coefficient (Wildman–Crippen LogP) is 5.23. The minimum Gasteiger partial charge on any atom is -0.388 e. The van der Waals surface area contributed by atoms with E-state index in [0.717, 1.165) is 5.56 Å². The molecule has 0 aliphatic carbocycles. The summed E-state index contributed by atoms with van der Waals surface area (Å²) in [7, 11) is 0. The summed E-state index contributed by atoms with van der Waals surface area (Å²) < 4.78 is 0. The highest BCUT2D eigenvalue weighted by Gasteiger charge is 2.50. The molecule has 4 unspecified atom stereocenters. The van der Waals surface area contributed by atoms with E-state index in [1.165, 1.54) is 5.56 Å². The van der Waals surface area contributed by atoms with Gasteiger partial charge in [-0.25, -0.2) is 4.89 Å². The van der Waals surface area contributed by atoms with Crippen molar-refractivity contribution in [3.05, 3.63) is 107 Å². The third kappa shape index (κ3) is 6.01. The maximum absolute atomic E-state index is 12.1. The van der Waals surface area contributed by atoms with Crippen LogP contribution in [0, 0.1) is 5.92 Å². The molecule has 1 heterocycles. The average molecular weight is 520 g/mol. The molecule has 204 valence electrons. The molecule has 0 radical (unpaired) electrons. The van der Waals surface area contributed by atoms with Gasteiger partial charge in [-0.1, -0.05) is 106 Å². The Morgan fingerprint density at radius 1 is 0.868 bits per heavy atom. The summed E-state index contributed by atoms with van der Waals surface area (Å²) >= 11 is 0. The molecule has 4 rings (SSSR count). The minimum atomic E-state index is -1.46. The number of rotatable bonds is 9. The van der Waals surface area contributed by atoms with Crippen molar-refractivity contribution < 1.29 is 25.5 Å². The summed E-state index contributed by atoms with van der Waals surface area (Å²) in [6.07, 6.45) is -1.04. The van der Waals surface area contributed by atoms with Crippen molar-refractivity contribution in [2.45, 2.75) is 69.5 Å². The van der Waals surface area contributed by atoms with Gasteiger partial charge in [0.1, 0.15) is 11.7 Å². The Hall–Kier alpha value is -2.58. The molecule has 0 aromatic heterocycles. The summed E-state index contributed by atoms with van der Waals surface area (Å²) in [5, 5.41) is 44.1. The highest BCUT2D eigenvalue weighted by molar-refractivity contribution is 5.37. The Morgan fingerprint density at radius 3 is 1.92 bits per heavy atom. The lowest BCUT2D eigenvalue weighted by molar-refractivity contribution is -0.349. The Morgan fingerprint density at radius 2 is 1.42 bits per heavy atom. The summed E-state index contributed by atoms with van der Waals surface area (Å²) in [5.74, 6) is -0.604. The molecule has 1 saturated heterocycles. The van der Waals surface area contributed by atoms with Gasteiger partial charge >= 0.3 is 0 Å². The van der Waals surface area contributed by atoms with Crippen LogP contribution in [-0.2, 0) is 15.9 Å². The first-order valence-corrected chi connectivity index (χ1v) is 13.5. The standard InChI is InChI=1S/C32H41NO5/c1-31(2,3)24-18-16-23(17-19-24)28(34)15-10-21-33-22-20-27(29(35)30(33)38-37)32(36,25-11-6-4-7-12-25)26-13-8-5-9-14-26/h4-9,11-14,16-19,27-30,34-37H,10,15,20-22H2,1-3H3. The van der Waals surface area contributed by atoms with Gasteiger partial charge in [-0.05, 0) is 46.9 Å². The van der Waals surface area contributed by atoms with Crippen molar-refractivity contribution in [2.75, 3.05) is 13.1 Å². The van der Waals surface area contributed by atoms with Crippen LogP contribution in [0.25, 0.3) is 0 Å². The molecule has 4 N–H and O–H groups in total. The van der Waals surface area contributed by atoms with Gasteiger partial charge in [0.05, 0.1) is 6.10 Å². The zero-order valence-corrected chi connectivity index (χ0v) is 22.6. The molecular formula is C32H41NO5. The molecule has 6 heteroatoms. The average Bonchev–Trinajstić information content (AvgIpc) is 2.93. The van der Waals surface area contributed by atoms with Crippen LogP contribution in [0.3, 0.4) is 0 Å². The summed E-state index contributed by atoms with van der Waals surface area (Å²) in [6.45, 7) is 7.54. The molecule has 0 bridgehead atoms. The van der Waals surface area contributed by atoms with Crippen molar-refractivity contribution in [1.29, 1.82) is 0 Å². The first kappa shape index (κ1) is 28.4. The van der Waals surface area contributed by atoms with Crippen molar-refractivity contribution in [3.63, 3.8) is 0 Å². The van der Waals surface area contributed by atoms with E-state index in [-0.39, 0.29) is 5.41 Å². The number of aliphatic hydroxyl groups is 3. The van der Waals surface area contributed by atoms with Gasteiger partial charge in [-0.3, -0.25) is 10.2 Å². The molecule has 1 aliphatic rings. The van der Waals surface area contributed by atoms with Gasteiger partial charge in [0, 0.05) is 19.0 Å². The highest BCUT2D eigenvalue weighted by Crippen LogP contribution is 2.43. The molecule has 3 aromatic carbocycles. The summed E-state index contributed by atoms with van der Waals surface area (Å²) in [6, 6.07) is 26.8. The van der Waals surface area contributed by atoms with Crippen LogP contribution in [0.4, 0.5) is 0 Å². The van der Waals surface area contributed by atoms with E-state index in [1.807, 2.05) is 77.7 Å².